The molecule has 0 amide bonds. The van der Waals surface area contributed by atoms with Crippen molar-refractivity contribution in [2.24, 2.45) is 0 Å². The van der Waals surface area contributed by atoms with Crippen LogP contribution in [0.1, 0.15) is 79.0 Å². The Bertz CT molecular complexity index is 4860. The van der Waals surface area contributed by atoms with Gasteiger partial charge >= 0.3 is 0 Å². The second-order valence-corrected chi connectivity index (χ2v) is 27.3. The fourth-order valence-electron chi connectivity index (χ4n) is 13.1. The summed E-state index contributed by atoms with van der Waals surface area (Å²) in [5.41, 5.74) is 17.1. The Kier molecular flexibility index (Phi) is 14.9. The molecule has 0 saturated carbocycles. The lowest BCUT2D eigenvalue weighted by atomic mass is 9.78. The van der Waals surface area contributed by atoms with Gasteiger partial charge in [-0.05, 0) is 150 Å². The average Bonchev–Trinajstić information content (AvgIpc) is 1.47. The standard InChI is InChI=1S/C84H71F3N4O/c1-82(2,3)59-38-39-88-78(47-59)91-74-33-20-19-30-68(74)69-37-36-64(51-77(69)91)92-65-43-58(79-66(54-26-15-11-16-27-54)31-23-32-67(79)55-28-17-12-18-29-55)42-63(50-65)89-52-90(76-35-22-21-34-75(76)89)81-70(57-40-60(83(4,5)6)46-61(41-57)84(7,8)9)44-56(53-24-13-10-14-25-53)45-71(81)80-72(86)48-62(85)49-73(80)87/h10-51H,52H2,1-9H3. The molecule has 0 spiro atoms. The smallest absolute Gasteiger partial charge is 0.137 e. The highest BCUT2D eigenvalue weighted by Gasteiger charge is 2.35. The highest BCUT2D eigenvalue weighted by atomic mass is 19.1. The van der Waals surface area contributed by atoms with Crippen LogP contribution in [-0.2, 0) is 16.2 Å². The van der Waals surface area contributed by atoms with Crippen molar-refractivity contribution in [1.82, 2.24) is 9.55 Å². The van der Waals surface area contributed by atoms with Crippen molar-refractivity contribution in [3.05, 3.63) is 289 Å². The van der Waals surface area contributed by atoms with Gasteiger partial charge in [0.15, 0.2) is 0 Å². The van der Waals surface area contributed by atoms with Crippen LogP contribution in [0.4, 0.5) is 35.9 Å². The third kappa shape index (κ3) is 11.1. The summed E-state index contributed by atoms with van der Waals surface area (Å²) in [6.07, 6.45) is 1.90. The highest BCUT2D eigenvalue weighted by Crippen LogP contribution is 2.54. The highest BCUT2D eigenvalue weighted by molar-refractivity contribution is 6.10. The van der Waals surface area contributed by atoms with Crippen LogP contribution in [0.25, 0.3) is 94.4 Å². The van der Waals surface area contributed by atoms with Gasteiger partial charge in [-0.1, -0.05) is 220 Å². The summed E-state index contributed by atoms with van der Waals surface area (Å²) in [5.74, 6) is -0.974. The Hall–Kier alpha value is -10.4. The molecule has 1 aliphatic heterocycles. The van der Waals surface area contributed by atoms with Crippen molar-refractivity contribution >= 4 is 44.6 Å². The molecule has 0 atom stereocenters. The third-order valence-electron chi connectivity index (χ3n) is 17.9. The number of hydrogen-bond donors (Lipinski definition) is 0. The fourth-order valence-corrected chi connectivity index (χ4v) is 13.1. The maximum absolute atomic E-state index is 17.1. The monoisotopic (exact) mass is 1210 g/mol. The number of nitrogens with zero attached hydrogens (tertiary/aromatic N) is 4. The summed E-state index contributed by atoms with van der Waals surface area (Å²) in [7, 11) is 0. The van der Waals surface area contributed by atoms with Gasteiger partial charge < -0.3 is 14.5 Å². The van der Waals surface area contributed by atoms with E-state index >= 15 is 13.2 Å². The van der Waals surface area contributed by atoms with E-state index in [1.54, 1.807) is 0 Å². The van der Waals surface area contributed by atoms with Crippen molar-refractivity contribution < 1.29 is 17.9 Å². The van der Waals surface area contributed by atoms with Gasteiger partial charge in [-0.3, -0.25) is 4.57 Å². The quantitative estimate of drug-likeness (QED) is 0.129. The third-order valence-corrected chi connectivity index (χ3v) is 17.9. The first-order chi connectivity index (χ1) is 44.2. The van der Waals surface area contributed by atoms with E-state index in [2.05, 4.69) is 247 Å². The molecule has 3 heterocycles. The van der Waals surface area contributed by atoms with Crippen LogP contribution in [0.3, 0.4) is 0 Å². The second kappa shape index (κ2) is 23.1. The minimum Gasteiger partial charge on any atom is -0.457 e. The van der Waals surface area contributed by atoms with Crippen molar-refractivity contribution in [3.63, 3.8) is 0 Å². The van der Waals surface area contributed by atoms with Gasteiger partial charge in [0.25, 0.3) is 0 Å². The zero-order valence-electron chi connectivity index (χ0n) is 53.3. The Balaban J connectivity index is 1.02. The van der Waals surface area contributed by atoms with Crippen LogP contribution in [0.2, 0.25) is 0 Å². The van der Waals surface area contributed by atoms with Crippen LogP contribution in [0.5, 0.6) is 11.5 Å². The first-order valence-electron chi connectivity index (χ1n) is 31.5. The number of benzene rings is 11. The topological polar surface area (TPSA) is 33.5 Å². The first-order valence-corrected chi connectivity index (χ1v) is 31.5. The summed E-state index contributed by atoms with van der Waals surface area (Å²) in [6, 6.07) is 83.3. The van der Waals surface area contributed by atoms with E-state index in [0.717, 1.165) is 124 Å². The number of aromatic nitrogens is 2. The normalized spacial score (nSPS) is 12.7. The molecule has 8 heteroatoms. The molecule has 0 fully saturated rings. The van der Waals surface area contributed by atoms with Crippen LogP contribution in [0.15, 0.2) is 255 Å². The number of fused-ring (bicyclic) bond motifs is 4. The lowest BCUT2D eigenvalue weighted by Crippen LogP contribution is -2.25. The first kappa shape index (κ1) is 59.2. The molecule has 11 aromatic carbocycles. The largest absolute Gasteiger partial charge is 0.457 e. The molecule has 0 bridgehead atoms. The molecule has 0 unspecified atom stereocenters. The predicted molar refractivity (Wildman–Crippen MR) is 376 cm³/mol. The lowest BCUT2D eigenvalue weighted by Gasteiger charge is -2.30. The number of rotatable bonds is 11. The SMILES string of the molecule is CC(C)(C)c1cc(-c2cc(-c3ccccc3)cc(-c3c(F)cc(F)cc3F)c2N2CN(c3cc(Oc4ccc5c6ccccc6n(-c6cc(C(C)(C)C)ccn6)c5c4)cc(-c4c(-c5ccccc5)cccc4-c4ccccc4)c3)c3ccccc32)cc(C(C)(C)C)c1. The second-order valence-electron chi connectivity index (χ2n) is 27.3. The Morgan fingerprint density at radius 1 is 0.370 bits per heavy atom. The maximum Gasteiger partial charge on any atom is 0.137 e. The molecule has 14 rings (SSSR count). The Morgan fingerprint density at radius 3 is 1.54 bits per heavy atom. The number of para-hydroxylation sites is 3. The zero-order chi connectivity index (χ0) is 63.8. The van der Waals surface area contributed by atoms with Gasteiger partial charge in [0.05, 0.1) is 33.7 Å². The number of hydrogen-bond acceptors (Lipinski definition) is 4. The molecule has 0 radical (unpaired) electrons. The predicted octanol–water partition coefficient (Wildman–Crippen LogP) is 23.5. The number of anilines is 4. The minimum absolute atomic E-state index is 0.107. The molecule has 0 aliphatic carbocycles. The van der Waals surface area contributed by atoms with Crippen molar-refractivity contribution in [2.75, 3.05) is 16.5 Å². The summed E-state index contributed by atoms with van der Waals surface area (Å²) in [5, 5.41) is 2.17. The Morgan fingerprint density at radius 2 is 0.924 bits per heavy atom. The van der Waals surface area contributed by atoms with Gasteiger partial charge in [-0.25, -0.2) is 18.2 Å². The van der Waals surface area contributed by atoms with Crippen molar-refractivity contribution in [1.29, 1.82) is 0 Å². The molecule has 1 aliphatic rings. The molecule has 0 saturated heterocycles. The van der Waals surface area contributed by atoms with E-state index in [1.165, 1.54) is 5.56 Å². The zero-order valence-corrected chi connectivity index (χ0v) is 53.3. The summed E-state index contributed by atoms with van der Waals surface area (Å²) >= 11 is 0. The molecule has 5 nitrogen and oxygen atoms in total. The maximum atomic E-state index is 17.1. The summed E-state index contributed by atoms with van der Waals surface area (Å²) in [6.45, 7) is 20.1. The summed E-state index contributed by atoms with van der Waals surface area (Å²) in [4.78, 5) is 9.42. The van der Waals surface area contributed by atoms with E-state index in [1.807, 2.05) is 72.9 Å². The van der Waals surface area contributed by atoms with Gasteiger partial charge in [-0.15, -0.1) is 0 Å². The van der Waals surface area contributed by atoms with E-state index in [4.69, 9.17) is 9.72 Å². The number of ether oxygens (including phenoxy) is 1. The van der Waals surface area contributed by atoms with Crippen molar-refractivity contribution in [3.8, 4) is 84.1 Å². The van der Waals surface area contributed by atoms with Gasteiger partial charge in [0, 0.05) is 58.0 Å². The molecule has 92 heavy (non-hydrogen) atoms. The summed E-state index contributed by atoms with van der Waals surface area (Å²) < 4.78 is 59.1. The number of pyridine rings is 1. The van der Waals surface area contributed by atoms with Crippen molar-refractivity contribution in [2.45, 2.75) is 78.6 Å². The van der Waals surface area contributed by atoms with Gasteiger partial charge in [0.2, 0.25) is 0 Å². The fraction of sp³-hybridized carbons (Fsp3) is 0.155. The molecule has 13 aromatic rings. The van der Waals surface area contributed by atoms with Gasteiger partial charge in [-0.2, -0.15) is 0 Å². The van der Waals surface area contributed by atoms with Gasteiger partial charge in [0.1, 0.15) is 41.4 Å². The molecule has 2 aromatic heterocycles. The van der Waals surface area contributed by atoms with E-state index < -0.39 is 17.5 Å². The molecule has 0 N–H and O–H groups in total. The average molecular weight is 1210 g/mol. The number of halogens is 3. The minimum atomic E-state index is -1.00. The van der Waals surface area contributed by atoms with E-state index in [9.17, 15) is 0 Å². The molecular weight excluding hydrogens is 1140 g/mol. The lowest BCUT2D eigenvalue weighted by molar-refractivity contribution is 0.483. The van der Waals surface area contributed by atoms with Crippen LogP contribution in [-0.4, -0.2) is 16.2 Å². The van der Waals surface area contributed by atoms with Crippen LogP contribution < -0.4 is 14.5 Å². The van der Waals surface area contributed by atoms with Crippen LogP contribution >= 0.6 is 0 Å². The Labute approximate surface area is 537 Å². The van der Waals surface area contributed by atoms with E-state index in [-0.39, 0.29) is 34.0 Å². The van der Waals surface area contributed by atoms with E-state index in [0.29, 0.717) is 17.2 Å². The molecule has 454 valence electrons. The van der Waals surface area contributed by atoms with Crippen LogP contribution in [0, 0.1) is 17.5 Å². The molecular formula is C84H71F3N4O.